The Morgan fingerprint density at radius 1 is 1.22 bits per heavy atom. The number of carbonyl (C=O) groups excluding carboxylic acids is 1. The summed E-state index contributed by atoms with van der Waals surface area (Å²) in [5.74, 6) is -0.755. The minimum Gasteiger partial charge on any atom is -0.490 e. The number of hydrogen-bond acceptors (Lipinski definition) is 3. The monoisotopic (exact) mass is 315 g/mol. The van der Waals surface area contributed by atoms with Gasteiger partial charge < -0.3 is 15.2 Å². The van der Waals surface area contributed by atoms with Crippen LogP contribution in [0.15, 0.2) is 48.5 Å². The molecule has 120 valence electrons. The van der Waals surface area contributed by atoms with Gasteiger partial charge in [-0.05, 0) is 24.5 Å². The van der Waals surface area contributed by atoms with E-state index < -0.39 is 17.8 Å². The van der Waals surface area contributed by atoms with Crippen molar-refractivity contribution in [1.29, 1.82) is 0 Å². The molecule has 23 heavy (non-hydrogen) atoms. The van der Waals surface area contributed by atoms with Crippen LogP contribution >= 0.6 is 0 Å². The van der Waals surface area contributed by atoms with Crippen LogP contribution in [0.3, 0.4) is 0 Å². The number of aliphatic hydroxyl groups excluding tert-OH is 1. The molecule has 2 N–H and O–H groups in total. The van der Waals surface area contributed by atoms with E-state index in [4.69, 9.17) is 4.74 Å². The van der Waals surface area contributed by atoms with E-state index in [0.29, 0.717) is 30.6 Å². The second kappa shape index (κ2) is 6.79. The van der Waals surface area contributed by atoms with E-state index >= 15 is 0 Å². The summed E-state index contributed by atoms with van der Waals surface area (Å²) in [6, 6.07) is 13.0. The van der Waals surface area contributed by atoms with E-state index in [-0.39, 0.29) is 11.8 Å². The zero-order valence-electron chi connectivity index (χ0n) is 12.5. The van der Waals surface area contributed by atoms with E-state index in [1.54, 1.807) is 36.4 Å². The minimum atomic E-state index is -1.25. The molecule has 1 heterocycles. The van der Waals surface area contributed by atoms with Crippen molar-refractivity contribution in [2.24, 2.45) is 0 Å². The molecule has 2 aromatic carbocycles. The maximum atomic E-state index is 13.9. The summed E-state index contributed by atoms with van der Waals surface area (Å²) in [4.78, 5) is 12.3. The third kappa shape index (κ3) is 3.35. The van der Waals surface area contributed by atoms with Gasteiger partial charge >= 0.3 is 0 Å². The number of halogens is 1. The van der Waals surface area contributed by atoms with Crippen LogP contribution in [-0.2, 0) is 4.79 Å². The second-order valence-electron chi connectivity index (χ2n) is 5.52. The van der Waals surface area contributed by atoms with E-state index in [1.807, 2.05) is 6.07 Å². The lowest BCUT2D eigenvalue weighted by Gasteiger charge is -2.20. The largest absolute Gasteiger partial charge is 0.490 e. The molecule has 1 aliphatic rings. The molecular formula is C18H18FNO3. The Hall–Kier alpha value is -2.40. The van der Waals surface area contributed by atoms with Gasteiger partial charge in [0, 0.05) is 5.56 Å². The molecule has 4 nitrogen and oxygen atoms in total. The fourth-order valence-corrected chi connectivity index (χ4v) is 2.76. The first-order valence-electron chi connectivity index (χ1n) is 7.61. The van der Waals surface area contributed by atoms with Crippen molar-refractivity contribution in [1.82, 2.24) is 5.32 Å². The summed E-state index contributed by atoms with van der Waals surface area (Å²) in [5, 5.41) is 13.0. The van der Waals surface area contributed by atoms with Crippen LogP contribution in [0.4, 0.5) is 4.39 Å². The van der Waals surface area contributed by atoms with Crippen LogP contribution in [0.25, 0.3) is 0 Å². The van der Waals surface area contributed by atoms with Gasteiger partial charge in [-0.2, -0.15) is 0 Å². The lowest BCUT2D eigenvalue weighted by Crippen LogP contribution is -2.32. The van der Waals surface area contributed by atoms with E-state index in [2.05, 4.69) is 5.32 Å². The van der Waals surface area contributed by atoms with Crippen LogP contribution in [-0.4, -0.2) is 17.6 Å². The van der Waals surface area contributed by atoms with Gasteiger partial charge in [0.1, 0.15) is 0 Å². The van der Waals surface area contributed by atoms with Crippen molar-refractivity contribution in [2.45, 2.75) is 25.0 Å². The fraction of sp³-hybridized carbons (Fsp3) is 0.278. The molecular weight excluding hydrogens is 297 g/mol. The molecule has 3 rings (SSSR count). The number of ether oxygens (including phenoxy) is 1. The van der Waals surface area contributed by atoms with Gasteiger partial charge in [0.05, 0.1) is 12.6 Å². The van der Waals surface area contributed by atoms with Crippen LogP contribution in [0.2, 0.25) is 0 Å². The summed E-state index contributed by atoms with van der Waals surface area (Å²) < 4.78 is 19.3. The lowest BCUT2D eigenvalue weighted by molar-refractivity contribution is -0.130. The maximum Gasteiger partial charge on any atom is 0.253 e. The Morgan fingerprint density at radius 3 is 2.78 bits per heavy atom. The highest BCUT2D eigenvalue weighted by Gasteiger charge is 2.26. The Kier molecular flexibility index (Phi) is 4.57. The summed E-state index contributed by atoms with van der Waals surface area (Å²) in [7, 11) is 0. The molecule has 0 fully saturated rings. The van der Waals surface area contributed by atoms with Gasteiger partial charge in [-0.25, -0.2) is 4.39 Å². The number of benzene rings is 2. The van der Waals surface area contributed by atoms with E-state index in [9.17, 15) is 14.3 Å². The number of amides is 1. The van der Waals surface area contributed by atoms with Crippen molar-refractivity contribution < 1.29 is 19.0 Å². The van der Waals surface area contributed by atoms with Gasteiger partial charge in [0.2, 0.25) is 0 Å². The molecule has 2 aromatic rings. The molecule has 0 spiro atoms. The van der Waals surface area contributed by atoms with Crippen LogP contribution in [0.5, 0.6) is 5.75 Å². The normalized spacial score (nSPS) is 18.3. The number of fused-ring (bicyclic) bond motifs is 1. The molecule has 0 bridgehead atoms. The number of rotatable bonds is 3. The van der Waals surface area contributed by atoms with Gasteiger partial charge in [-0.3, -0.25) is 4.79 Å². The first kappa shape index (κ1) is 15.5. The molecule has 0 saturated carbocycles. The topological polar surface area (TPSA) is 58.6 Å². The van der Waals surface area contributed by atoms with Crippen molar-refractivity contribution in [2.75, 3.05) is 6.61 Å². The zero-order valence-corrected chi connectivity index (χ0v) is 12.5. The molecule has 0 aliphatic carbocycles. The average Bonchev–Trinajstić information content (AvgIpc) is 2.78. The Bertz CT molecular complexity index is 690. The quantitative estimate of drug-likeness (QED) is 0.915. The lowest BCUT2D eigenvalue weighted by atomic mass is 10.0. The minimum absolute atomic E-state index is 0.185. The molecule has 0 aromatic heterocycles. The second-order valence-corrected chi connectivity index (χ2v) is 5.52. The Morgan fingerprint density at radius 2 is 2.00 bits per heavy atom. The number of hydrogen-bond donors (Lipinski definition) is 2. The molecule has 2 unspecified atom stereocenters. The standard InChI is InChI=1S/C18H18FNO3/c19-14-9-4-8-13-15(10-5-11-23-17(13)14)20-18(22)16(21)12-6-2-1-3-7-12/h1-4,6-9,15-16,21H,5,10-11H2,(H,20,22). The van der Waals surface area contributed by atoms with Gasteiger partial charge in [0.15, 0.2) is 17.7 Å². The van der Waals surface area contributed by atoms with Crippen molar-refractivity contribution in [3.05, 3.63) is 65.5 Å². The number of nitrogens with one attached hydrogen (secondary N) is 1. The molecule has 1 aliphatic heterocycles. The Labute approximate surface area is 133 Å². The number of carbonyl (C=O) groups is 1. The molecule has 2 atom stereocenters. The highest BCUT2D eigenvalue weighted by atomic mass is 19.1. The SMILES string of the molecule is O=C(NC1CCCOc2c(F)cccc21)C(O)c1ccccc1. The Balaban J connectivity index is 1.80. The average molecular weight is 315 g/mol. The van der Waals surface area contributed by atoms with Crippen molar-refractivity contribution >= 4 is 5.91 Å². The number of para-hydroxylation sites is 1. The fourth-order valence-electron chi connectivity index (χ4n) is 2.76. The van der Waals surface area contributed by atoms with Gasteiger partial charge in [-0.1, -0.05) is 42.5 Å². The highest BCUT2D eigenvalue weighted by Crippen LogP contribution is 2.33. The molecule has 5 heteroatoms. The number of aliphatic hydroxyl groups is 1. The van der Waals surface area contributed by atoms with Crippen LogP contribution in [0, 0.1) is 5.82 Å². The van der Waals surface area contributed by atoms with Crippen LogP contribution in [0.1, 0.15) is 36.1 Å². The van der Waals surface area contributed by atoms with Crippen molar-refractivity contribution in [3.63, 3.8) is 0 Å². The first-order chi connectivity index (χ1) is 11.2. The zero-order chi connectivity index (χ0) is 16.2. The third-order valence-electron chi connectivity index (χ3n) is 3.94. The smallest absolute Gasteiger partial charge is 0.253 e. The molecule has 1 amide bonds. The molecule has 0 saturated heterocycles. The third-order valence-corrected chi connectivity index (χ3v) is 3.94. The van der Waals surface area contributed by atoms with E-state index in [0.717, 1.165) is 0 Å². The maximum absolute atomic E-state index is 13.9. The summed E-state index contributed by atoms with van der Waals surface area (Å²) in [6.07, 6.45) is 0.0712. The molecule has 0 radical (unpaired) electrons. The van der Waals surface area contributed by atoms with E-state index in [1.165, 1.54) is 6.07 Å². The first-order valence-corrected chi connectivity index (χ1v) is 7.61. The predicted molar refractivity (Wildman–Crippen MR) is 83.4 cm³/mol. The predicted octanol–water partition coefficient (Wildman–Crippen LogP) is 2.89. The van der Waals surface area contributed by atoms with Gasteiger partial charge in [0.25, 0.3) is 5.91 Å². The van der Waals surface area contributed by atoms with Gasteiger partial charge in [-0.15, -0.1) is 0 Å². The van der Waals surface area contributed by atoms with Crippen LogP contribution < -0.4 is 10.1 Å². The highest BCUT2D eigenvalue weighted by molar-refractivity contribution is 5.82. The van der Waals surface area contributed by atoms with Crippen molar-refractivity contribution in [3.8, 4) is 5.75 Å². The summed E-state index contributed by atoms with van der Waals surface area (Å²) in [5.41, 5.74) is 1.13. The summed E-state index contributed by atoms with van der Waals surface area (Å²) in [6.45, 7) is 0.404. The summed E-state index contributed by atoms with van der Waals surface area (Å²) >= 11 is 0.